The Bertz CT molecular complexity index is 1980. The Morgan fingerprint density at radius 2 is 1.93 bits per heavy atom. The summed E-state index contributed by atoms with van der Waals surface area (Å²) >= 11 is 0. The number of pyridine rings is 1. The van der Waals surface area contributed by atoms with Crippen molar-refractivity contribution in [3.8, 4) is 0 Å². The number of halogens is 1. The number of aryl methyl sites for hydroxylation is 2. The van der Waals surface area contributed by atoms with E-state index in [1.54, 1.807) is 53.5 Å². The van der Waals surface area contributed by atoms with Crippen molar-refractivity contribution in [2.24, 2.45) is 5.92 Å². The van der Waals surface area contributed by atoms with Crippen LogP contribution in [-0.4, -0.2) is 45.2 Å². The molecular weight excluding hydrogens is 591 g/mol. The molecule has 0 unspecified atom stereocenters. The number of nitrogens with zero attached hydrogens (tertiary/aromatic N) is 5. The summed E-state index contributed by atoms with van der Waals surface area (Å²) in [4.78, 5) is 17.8. The highest BCUT2D eigenvalue weighted by Gasteiger charge is 2.33. The molecular formula is C34H35FN6O3S. The zero-order valence-electron chi connectivity index (χ0n) is 25.4. The van der Waals surface area contributed by atoms with Crippen LogP contribution in [0.15, 0.2) is 84.0 Å². The lowest BCUT2D eigenvalue weighted by Gasteiger charge is -2.25. The molecule has 1 aliphatic heterocycles. The Hall–Kier alpha value is -4.48. The van der Waals surface area contributed by atoms with Crippen LogP contribution >= 0.6 is 0 Å². The molecule has 0 saturated heterocycles. The summed E-state index contributed by atoms with van der Waals surface area (Å²) in [5, 5.41) is 11.0. The Morgan fingerprint density at radius 1 is 1.11 bits per heavy atom. The third-order valence-corrected chi connectivity index (χ3v) is 10.4. The predicted molar refractivity (Wildman–Crippen MR) is 171 cm³/mol. The van der Waals surface area contributed by atoms with Gasteiger partial charge in [-0.3, -0.25) is 9.78 Å². The zero-order valence-corrected chi connectivity index (χ0v) is 26.3. The third kappa shape index (κ3) is 6.10. The van der Waals surface area contributed by atoms with Crippen molar-refractivity contribution in [3.63, 3.8) is 0 Å². The second-order valence-corrected chi connectivity index (χ2v) is 13.6. The number of benzene rings is 3. The molecule has 11 heteroatoms. The van der Waals surface area contributed by atoms with Gasteiger partial charge < -0.3 is 5.32 Å². The molecule has 0 aliphatic carbocycles. The van der Waals surface area contributed by atoms with Crippen molar-refractivity contribution in [2.75, 3.05) is 11.9 Å². The molecule has 1 aliphatic rings. The Morgan fingerprint density at radius 3 is 2.71 bits per heavy atom. The molecule has 9 nitrogen and oxygen atoms in total. The largest absolute Gasteiger partial charge is 0.325 e. The van der Waals surface area contributed by atoms with Crippen molar-refractivity contribution in [1.29, 1.82) is 0 Å². The maximum Gasteiger partial charge on any atom is 0.243 e. The fourth-order valence-corrected chi connectivity index (χ4v) is 7.90. The first-order valence-electron chi connectivity index (χ1n) is 15.0. The maximum atomic E-state index is 16.2. The van der Waals surface area contributed by atoms with Gasteiger partial charge in [-0.25, -0.2) is 17.5 Å². The normalized spacial score (nSPS) is 17.0. The molecule has 3 heterocycles. The lowest BCUT2D eigenvalue weighted by atomic mass is 9.86. The van der Waals surface area contributed by atoms with Gasteiger partial charge in [0, 0.05) is 38.2 Å². The summed E-state index contributed by atoms with van der Waals surface area (Å²) in [6, 6.07) is 19.8. The van der Waals surface area contributed by atoms with Crippen LogP contribution in [0.25, 0.3) is 11.0 Å². The second kappa shape index (κ2) is 12.5. The fraction of sp³-hybridized carbons (Fsp3) is 0.294. The fourth-order valence-electron chi connectivity index (χ4n) is 6.13. The Balaban J connectivity index is 1.39. The lowest BCUT2D eigenvalue weighted by Crippen LogP contribution is -2.33. The van der Waals surface area contributed by atoms with E-state index in [1.165, 1.54) is 4.31 Å². The number of carbonyl (C=O) groups is 1. The smallest absolute Gasteiger partial charge is 0.243 e. The van der Waals surface area contributed by atoms with Crippen LogP contribution in [0.5, 0.6) is 0 Å². The molecule has 5 aromatic rings. The number of rotatable bonds is 8. The minimum absolute atomic E-state index is 0.0614. The SMILES string of the molecule is CCn1nnc2c(F)c([C@@H](CC(=O)Nc3cccnc3)c3ccc(C)c(CN4C[C@@H](C)Cc5ccccc5S4(=O)=O)c3)ccc21. The molecule has 0 fully saturated rings. The van der Waals surface area contributed by atoms with E-state index in [0.29, 0.717) is 46.7 Å². The van der Waals surface area contributed by atoms with Crippen LogP contribution in [0.2, 0.25) is 0 Å². The summed E-state index contributed by atoms with van der Waals surface area (Å²) in [6.07, 6.45) is 3.77. The van der Waals surface area contributed by atoms with Crippen molar-refractivity contribution in [1.82, 2.24) is 24.3 Å². The monoisotopic (exact) mass is 626 g/mol. The maximum absolute atomic E-state index is 16.2. The van der Waals surface area contributed by atoms with Crippen LogP contribution < -0.4 is 5.32 Å². The predicted octanol–water partition coefficient (Wildman–Crippen LogP) is 5.84. The molecule has 3 aromatic carbocycles. The molecule has 2 aromatic heterocycles. The van der Waals surface area contributed by atoms with Crippen LogP contribution in [0.4, 0.5) is 10.1 Å². The summed E-state index contributed by atoms with van der Waals surface area (Å²) in [5.41, 5.74) is 4.77. The van der Waals surface area contributed by atoms with E-state index in [0.717, 1.165) is 16.7 Å². The van der Waals surface area contributed by atoms with Crippen LogP contribution in [0.1, 0.15) is 54.0 Å². The van der Waals surface area contributed by atoms with Gasteiger partial charge in [-0.15, -0.1) is 5.10 Å². The van der Waals surface area contributed by atoms with Gasteiger partial charge in [0.05, 0.1) is 22.3 Å². The van der Waals surface area contributed by atoms with E-state index < -0.39 is 21.8 Å². The average Bonchev–Trinajstić information content (AvgIpc) is 3.42. The standard InChI is InChI=1S/C34H35FN6O3S/c1-4-41-30-14-13-28(33(35)34(30)38-39-41)29(18-32(42)37-27-9-7-15-36-19-27)24-12-11-23(3)26(17-24)21-40-20-22(2)16-25-8-5-6-10-31(25)45(40,43)44/h5-15,17,19,22,29H,4,16,18,20-21H2,1-3H3,(H,37,42)/t22-,29-/m0/s1. The first-order chi connectivity index (χ1) is 21.7. The number of carbonyl (C=O) groups excluding carboxylic acids is 1. The summed E-state index contributed by atoms with van der Waals surface area (Å²) in [7, 11) is -3.75. The van der Waals surface area contributed by atoms with E-state index >= 15 is 4.39 Å². The van der Waals surface area contributed by atoms with Crippen LogP contribution in [0.3, 0.4) is 0 Å². The topological polar surface area (TPSA) is 110 Å². The second-order valence-electron chi connectivity index (χ2n) is 11.7. The van der Waals surface area contributed by atoms with E-state index in [1.807, 2.05) is 44.2 Å². The van der Waals surface area contributed by atoms with Crippen molar-refractivity contribution in [2.45, 2.75) is 57.5 Å². The molecule has 2 atom stereocenters. The minimum atomic E-state index is -3.75. The van der Waals surface area contributed by atoms with E-state index in [9.17, 15) is 13.2 Å². The van der Waals surface area contributed by atoms with Gasteiger partial charge in [0.25, 0.3) is 0 Å². The van der Waals surface area contributed by atoms with Crippen molar-refractivity contribution >= 4 is 32.7 Å². The number of amides is 1. The summed E-state index contributed by atoms with van der Waals surface area (Å²) in [5.74, 6) is -1.41. The molecule has 0 radical (unpaired) electrons. The Labute approximate surface area is 262 Å². The first kappa shape index (κ1) is 30.5. The molecule has 232 valence electrons. The Kier molecular flexibility index (Phi) is 8.48. The number of sulfonamides is 1. The number of hydrogen-bond acceptors (Lipinski definition) is 6. The summed E-state index contributed by atoms with van der Waals surface area (Å²) in [6.45, 7) is 6.95. The van der Waals surface area contributed by atoms with Gasteiger partial charge in [-0.1, -0.05) is 54.6 Å². The summed E-state index contributed by atoms with van der Waals surface area (Å²) < 4.78 is 47.0. The highest BCUT2D eigenvalue weighted by atomic mass is 32.2. The van der Waals surface area contributed by atoms with Gasteiger partial charge in [0.2, 0.25) is 15.9 Å². The van der Waals surface area contributed by atoms with Gasteiger partial charge >= 0.3 is 0 Å². The third-order valence-electron chi connectivity index (χ3n) is 8.46. The van der Waals surface area contributed by atoms with E-state index in [-0.39, 0.29) is 30.3 Å². The number of fused-ring (bicyclic) bond motifs is 2. The molecule has 1 N–H and O–H groups in total. The van der Waals surface area contributed by atoms with Crippen LogP contribution in [0, 0.1) is 18.7 Å². The van der Waals surface area contributed by atoms with Gasteiger partial charge in [-0.2, -0.15) is 4.31 Å². The van der Waals surface area contributed by atoms with Gasteiger partial charge in [-0.05, 0) is 78.3 Å². The van der Waals surface area contributed by atoms with Gasteiger partial charge in [0.15, 0.2) is 5.82 Å². The lowest BCUT2D eigenvalue weighted by molar-refractivity contribution is -0.116. The van der Waals surface area contributed by atoms with E-state index in [4.69, 9.17) is 0 Å². The van der Waals surface area contributed by atoms with Crippen molar-refractivity contribution < 1.29 is 17.6 Å². The zero-order chi connectivity index (χ0) is 31.7. The van der Waals surface area contributed by atoms with E-state index in [2.05, 4.69) is 27.5 Å². The highest BCUT2D eigenvalue weighted by Crippen LogP contribution is 2.35. The molecule has 6 rings (SSSR count). The minimum Gasteiger partial charge on any atom is -0.325 e. The number of anilines is 1. The highest BCUT2D eigenvalue weighted by molar-refractivity contribution is 7.89. The number of aromatic nitrogens is 4. The molecule has 0 saturated carbocycles. The molecule has 0 bridgehead atoms. The number of hydrogen-bond donors (Lipinski definition) is 1. The number of nitrogens with one attached hydrogen (secondary N) is 1. The quantitative estimate of drug-likeness (QED) is 0.232. The van der Waals surface area contributed by atoms with Gasteiger partial charge in [0.1, 0.15) is 5.52 Å². The molecule has 45 heavy (non-hydrogen) atoms. The van der Waals surface area contributed by atoms with Crippen molar-refractivity contribution in [3.05, 3.63) is 113 Å². The first-order valence-corrected chi connectivity index (χ1v) is 16.5. The average molecular weight is 627 g/mol. The molecule has 1 amide bonds. The van der Waals surface area contributed by atoms with Crippen LogP contribution in [-0.2, 0) is 34.3 Å². The molecule has 0 spiro atoms.